The van der Waals surface area contributed by atoms with Crippen LogP contribution in [0.4, 0.5) is 0 Å². The largest absolute Gasteiger partial charge is 0.481 e. The molecule has 1 atom stereocenters. The monoisotopic (exact) mass is 200 g/mol. The first-order chi connectivity index (χ1) is 6.13. The third-order valence-corrected chi connectivity index (χ3v) is 2.55. The second kappa shape index (κ2) is 4.34. The Labute approximate surface area is 80.4 Å². The van der Waals surface area contributed by atoms with Gasteiger partial charge in [-0.3, -0.25) is 4.79 Å². The Morgan fingerprint density at radius 3 is 2.92 bits per heavy atom. The molecule has 0 aliphatic carbocycles. The molecule has 0 saturated carbocycles. The lowest BCUT2D eigenvalue weighted by Crippen LogP contribution is -2.16. The Bertz CT molecular complexity index is 298. The highest BCUT2D eigenvalue weighted by molar-refractivity contribution is 7.09. The number of carboxylic acids is 1. The molecule has 0 radical (unpaired) electrons. The van der Waals surface area contributed by atoms with Crippen LogP contribution in [-0.2, 0) is 4.79 Å². The quantitative estimate of drug-likeness (QED) is 0.759. The van der Waals surface area contributed by atoms with Gasteiger partial charge in [-0.25, -0.2) is 4.98 Å². The van der Waals surface area contributed by atoms with E-state index in [-0.39, 0.29) is 12.3 Å². The molecule has 0 fully saturated rings. The average molecular weight is 200 g/mol. The van der Waals surface area contributed by atoms with Gasteiger partial charge in [0.25, 0.3) is 0 Å². The third kappa shape index (κ3) is 2.78. The van der Waals surface area contributed by atoms with Crippen molar-refractivity contribution in [2.75, 3.05) is 6.54 Å². The van der Waals surface area contributed by atoms with Crippen LogP contribution < -0.4 is 5.73 Å². The first kappa shape index (κ1) is 10.1. The first-order valence-electron chi connectivity index (χ1n) is 3.97. The predicted octanol–water partition coefficient (Wildman–Crippen LogP) is 0.969. The highest BCUT2D eigenvalue weighted by atomic mass is 32.1. The van der Waals surface area contributed by atoms with E-state index < -0.39 is 5.97 Å². The summed E-state index contributed by atoms with van der Waals surface area (Å²) in [5.41, 5.74) is 6.26. The molecule has 0 amide bonds. The molecule has 13 heavy (non-hydrogen) atoms. The lowest BCUT2D eigenvalue weighted by Gasteiger charge is -2.07. The summed E-state index contributed by atoms with van der Waals surface area (Å²) in [6.45, 7) is 2.22. The lowest BCUT2D eigenvalue weighted by molar-refractivity contribution is -0.137. The molecular weight excluding hydrogens is 188 g/mol. The minimum atomic E-state index is -0.832. The molecule has 0 aliphatic rings. The van der Waals surface area contributed by atoms with Crippen molar-refractivity contribution in [3.8, 4) is 0 Å². The number of aryl methyl sites for hydroxylation is 1. The van der Waals surface area contributed by atoms with E-state index in [1.165, 1.54) is 11.3 Å². The molecule has 1 rings (SSSR count). The van der Waals surface area contributed by atoms with Crippen LogP contribution >= 0.6 is 11.3 Å². The van der Waals surface area contributed by atoms with E-state index in [1.54, 1.807) is 0 Å². The van der Waals surface area contributed by atoms with Gasteiger partial charge in [0.2, 0.25) is 0 Å². The van der Waals surface area contributed by atoms with E-state index in [0.717, 1.165) is 10.7 Å². The van der Waals surface area contributed by atoms with E-state index >= 15 is 0 Å². The number of carboxylic acid groups (broad SMARTS) is 1. The molecule has 0 bridgehead atoms. The molecule has 1 heterocycles. The highest BCUT2D eigenvalue weighted by Gasteiger charge is 2.16. The number of nitrogens with zero attached hydrogens (tertiary/aromatic N) is 1. The Hall–Kier alpha value is -0.940. The summed E-state index contributed by atoms with van der Waals surface area (Å²) in [5.74, 6) is -0.983. The van der Waals surface area contributed by atoms with Gasteiger partial charge in [0.1, 0.15) is 0 Å². The van der Waals surface area contributed by atoms with Crippen molar-refractivity contribution >= 4 is 17.3 Å². The van der Waals surface area contributed by atoms with E-state index in [2.05, 4.69) is 4.98 Å². The van der Waals surface area contributed by atoms with Crippen molar-refractivity contribution in [1.29, 1.82) is 0 Å². The zero-order valence-corrected chi connectivity index (χ0v) is 8.17. The molecule has 0 aliphatic heterocycles. The van der Waals surface area contributed by atoms with Crippen LogP contribution in [0.3, 0.4) is 0 Å². The van der Waals surface area contributed by atoms with Crippen molar-refractivity contribution < 1.29 is 9.90 Å². The summed E-state index contributed by atoms with van der Waals surface area (Å²) in [6.07, 6.45) is 0.0552. The van der Waals surface area contributed by atoms with Crippen LogP contribution in [0.25, 0.3) is 0 Å². The molecule has 4 nitrogen and oxygen atoms in total. The molecule has 5 heteroatoms. The minimum Gasteiger partial charge on any atom is -0.481 e. The maximum absolute atomic E-state index is 10.5. The van der Waals surface area contributed by atoms with Crippen LogP contribution in [0.15, 0.2) is 5.38 Å². The van der Waals surface area contributed by atoms with Crippen molar-refractivity contribution in [1.82, 2.24) is 4.98 Å². The number of nitrogens with two attached hydrogens (primary N) is 1. The summed E-state index contributed by atoms with van der Waals surface area (Å²) >= 11 is 1.52. The normalized spacial score (nSPS) is 12.8. The molecule has 72 valence electrons. The fourth-order valence-electron chi connectivity index (χ4n) is 1.09. The SMILES string of the molecule is Cc1nc(C(CN)CC(=O)O)cs1. The highest BCUT2D eigenvalue weighted by Crippen LogP contribution is 2.20. The molecular formula is C8H12N2O2S. The lowest BCUT2D eigenvalue weighted by atomic mass is 10.0. The van der Waals surface area contributed by atoms with Crippen molar-refractivity contribution in [3.63, 3.8) is 0 Å². The molecule has 1 unspecified atom stereocenters. The average Bonchev–Trinajstić information content (AvgIpc) is 2.47. The Kier molecular flexibility index (Phi) is 3.39. The Balaban J connectivity index is 2.72. The van der Waals surface area contributed by atoms with Gasteiger partial charge in [0.15, 0.2) is 0 Å². The molecule has 1 aromatic rings. The van der Waals surface area contributed by atoms with Crippen molar-refractivity contribution in [2.24, 2.45) is 5.73 Å². The molecule has 0 aromatic carbocycles. The number of hydrogen-bond donors (Lipinski definition) is 2. The van der Waals surface area contributed by atoms with Gasteiger partial charge < -0.3 is 10.8 Å². The number of carbonyl (C=O) groups is 1. The van der Waals surface area contributed by atoms with Crippen LogP contribution in [-0.4, -0.2) is 22.6 Å². The van der Waals surface area contributed by atoms with E-state index in [4.69, 9.17) is 10.8 Å². The maximum atomic E-state index is 10.5. The summed E-state index contributed by atoms with van der Waals surface area (Å²) in [7, 11) is 0. The second-order valence-corrected chi connectivity index (χ2v) is 3.88. The van der Waals surface area contributed by atoms with Gasteiger partial charge in [-0.05, 0) is 6.92 Å². The number of thiazole rings is 1. The van der Waals surface area contributed by atoms with Crippen LogP contribution in [0.1, 0.15) is 23.0 Å². The summed E-state index contributed by atoms with van der Waals surface area (Å²) in [6, 6.07) is 0. The first-order valence-corrected chi connectivity index (χ1v) is 4.85. The van der Waals surface area contributed by atoms with Crippen molar-refractivity contribution in [3.05, 3.63) is 16.1 Å². The van der Waals surface area contributed by atoms with E-state index in [0.29, 0.717) is 6.54 Å². The Morgan fingerprint density at radius 2 is 2.54 bits per heavy atom. The fourth-order valence-corrected chi connectivity index (χ4v) is 1.78. The topological polar surface area (TPSA) is 76.2 Å². The third-order valence-electron chi connectivity index (χ3n) is 1.76. The van der Waals surface area contributed by atoms with Gasteiger partial charge in [-0.15, -0.1) is 11.3 Å². The van der Waals surface area contributed by atoms with Gasteiger partial charge in [-0.2, -0.15) is 0 Å². The molecule has 0 spiro atoms. The maximum Gasteiger partial charge on any atom is 0.304 e. The minimum absolute atomic E-state index is 0.0552. The molecule has 1 aromatic heterocycles. The number of aliphatic carboxylic acids is 1. The number of hydrogen-bond acceptors (Lipinski definition) is 4. The predicted molar refractivity (Wildman–Crippen MR) is 50.9 cm³/mol. The summed E-state index contributed by atoms with van der Waals surface area (Å²) in [5, 5.41) is 11.4. The van der Waals surface area contributed by atoms with E-state index in [9.17, 15) is 4.79 Å². The number of rotatable bonds is 4. The molecule has 0 saturated heterocycles. The van der Waals surface area contributed by atoms with E-state index in [1.807, 2.05) is 12.3 Å². The smallest absolute Gasteiger partial charge is 0.304 e. The van der Waals surface area contributed by atoms with Gasteiger partial charge in [-0.1, -0.05) is 0 Å². The van der Waals surface area contributed by atoms with Crippen LogP contribution in [0, 0.1) is 6.92 Å². The fraction of sp³-hybridized carbons (Fsp3) is 0.500. The van der Waals surface area contributed by atoms with Crippen LogP contribution in [0.5, 0.6) is 0 Å². The molecule has 3 N–H and O–H groups in total. The van der Waals surface area contributed by atoms with Gasteiger partial charge in [0, 0.05) is 17.8 Å². The van der Waals surface area contributed by atoms with Crippen LogP contribution in [0.2, 0.25) is 0 Å². The van der Waals surface area contributed by atoms with Gasteiger partial charge in [0.05, 0.1) is 17.1 Å². The zero-order valence-electron chi connectivity index (χ0n) is 7.36. The summed E-state index contributed by atoms with van der Waals surface area (Å²) < 4.78 is 0. The number of aromatic nitrogens is 1. The zero-order chi connectivity index (χ0) is 9.84. The second-order valence-electron chi connectivity index (χ2n) is 2.82. The van der Waals surface area contributed by atoms with Crippen molar-refractivity contribution in [2.45, 2.75) is 19.3 Å². The standard InChI is InChI=1S/C8H12N2O2S/c1-5-10-7(4-13-5)6(3-9)2-8(11)12/h4,6H,2-3,9H2,1H3,(H,11,12). The Morgan fingerprint density at radius 1 is 1.85 bits per heavy atom. The summed E-state index contributed by atoms with van der Waals surface area (Å²) in [4.78, 5) is 14.7. The van der Waals surface area contributed by atoms with Gasteiger partial charge >= 0.3 is 5.97 Å².